The van der Waals surface area contributed by atoms with Gasteiger partial charge in [0.15, 0.2) is 0 Å². The average molecular weight is 365 g/mol. The van der Waals surface area contributed by atoms with Crippen molar-refractivity contribution in [1.82, 2.24) is 9.62 Å². The number of likely N-dealkylation sites (N-methyl/N-ethyl adjacent to an activating group) is 1. The summed E-state index contributed by atoms with van der Waals surface area (Å²) in [6, 6.07) is 4.79. The smallest absolute Gasteiger partial charge is 0.241 e. The van der Waals surface area contributed by atoms with Crippen LogP contribution in [0.1, 0.15) is 19.4 Å². The fraction of sp³-hybridized carbons (Fsp3) is 0.538. The minimum Gasteiger partial charge on any atom is -0.392 e. The maximum atomic E-state index is 12.2. The predicted octanol–water partition coefficient (Wildman–Crippen LogP) is 1.56. The molecule has 2 N–H and O–H groups in total. The second kappa shape index (κ2) is 8.09. The lowest BCUT2D eigenvalue weighted by Gasteiger charge is -2.18. The zero-order valence-corrected chi connectivity index (χ0v) is 14.2. The van der Waals surface area contributed by atoms with Crippen LogP contribution in [0.25, 0.3) is 0 Å². The Morgan fingerprint density at radius 1 is 1.30 bits per heavy atom. The van der Waals surface area contributed by atoms with Gasteiger partial charge in [-0.2, -0.15) is 0 Å². The van der Waals surface area contributed by atoms with E-state index in [4.69, 9.17) is 5.11 Å². The van der Waals surface area contributed by atoms with Crippen LogP contribution >= 0.6 is 15.9 Å². The van der Waals surface area contributed by atoms with Gasteiger partial charge in [-0.3, -0.25) is 0 Å². The van der Waals surface area contributed by atoms with Crippen molar-refractivity contribution in [2.75, 3.05) is 26.2 Å². The van der Waals surface area contributed by atoms with E-state index in [1.165, 1.54) is 6.07 Å². The van der Waals surface area contributed by atoms with Crippen molar-refractivity contribution in [3.63, 3.8) is 0 Å². The first-order valence-electron chi connectivity index (χ1n) is 6.55. The molecule has 0 saturated heterocycles. The number of hydrogen-bond donors (Lipinski definition) is 2. The molecule has 0 atom stereocenters. The van der Waals surface area contributed by atoms with Crippen LogP contribution in [0.2, 0.25) is 0 Å². The van der Waals surface area contributed by atoms with Gasteiger partial charge < -0.3 is 10.0 Å². The van der Waals surface area contributed by atoms with Crippen molar-refractivity contribution in [2.24, 2.45) is 0 Å². The zero-order chi connectivity index (χ0) is 15.2. The Kier molecular flexibility index (Phi) is 7.11. The molecule has 114 valence electrons. The quantitative estimate of drug-likeness (QED) is 0.734. The summed E-state index contributed by atoms with van der Waals surface area (Å²) in [5.74, 6) is 0. The van der Waals surface area contributed by atoms with Crippen LogP contribution in [0.4, 0.5) is 0 Å². The zero-order valence-electron chi connectivity index (χ0n) is 11.8. The second-order valence-electron chi connectivity index (χ2n) is 4.35. The third kappa shape index (κ3) is 4.82. The number of nitrogens with zero attached hydrogens (tertiary/aromatic N) is 1. The van der Waals surface area contributed by atoms with Gasteiger partial charge in [0.2, 0.25) is 10.0 Å². The predicted molar refractivity (Wildman–Crippen MR) is 83.0 cm³/mol. The molecule has 20 heavy (non-hydrogen) atoms. The Morgan fingerprint density at radius 3 is 2.50 bits per heavy atom. The molecule has 1 aromatic carbocycles. The fourth-order valence-electron chi connectivity index (χ4n) is 1.81. The number of nitrogens with one attached hydrogen (secondary N) is 1. The molecule has 0 heterocycles. The van der Waals surface area contributed by atoms with Gasteiger partial charge in [0.05, 0.1) is 11.5 Å². The minimum atomic E-state index is -3.57. The Balaban J connectivity index is 2.78. The molecule has 1 rings (SSSR count). The molecule has 0 saturated carbocycles. The first-order chi connectivity index (χ1) is 9.44. The van der Waals surface area contributed by atoms with E-state index in [1.54, 1.807) is 12.1 Å². The van der Waals surface area contributed by atoms with E-state index in [1.807, 2.05) is 13.8 Å². The summed E-state index contributed by atoms with van der Waals surface area (Å²) in [6.07, 6.45) is 0. The summed E-state index contributed by atoms with van der Waals surface area (Å²) in [7, 11) is -3.57. The summed E-state index contributed by atoms with van der Waals surface area (Å²) in [5, 5.41) is 9.09. The van der Waals surface area contributed by atoms with Crippen molar-refractivity contribution < 1.29 is 13.5 Å². The molecule has 0 aliphatic heterocycles. The maximum absolute atomic E-state index is 12.2. The van der Waals surface area contributed by atoms with Gasteiger partial charge >= 0.3 is 0 Å². The summed E-state index contributed by atoms with van der Waals surface area (Å²) >= 11 is 3.23. The molecule has 0 aliphatic carbocycles. The summed E-state index contributed by atoms with van der Waals surface area (Å²) in [4.78, 5) is 2.30. The summed E-state index contributed by atoms with van der Waals surface area (Å²) < 4.78 is 27.6. The molecule has 1 aromatic rings. The molecule has 5 nitrogen and oxygen atoms in total. The summed E-state index contributed by atoms with van der Waals surface area (Å²) in [5.41, 5.74) is 0.567. The normalized spacial score (nSPS) is 12.1. The third-order valence-corrected chi connectivity index (χ3v) is 5.54. The molecule has 0 aromatic heterocycles. The van der Waals surface area contributed by atoms with Gasteiger partial charge in [-0.05, 0) is 46.7 Å². The summed E-state index contributed by atoms with van der Waals surface area (Å²) in [6.45, 7) is 6.71. The van der Waals surface area contributed by atoms with E-state index in [0.29, 0.717) is 23.1 Å². The van der Waals surface area contributed by atoms with Crippen molar-refractivity contribution in [1.29, 1.82) is 0 Å². The molecule has 0 fully saturated rings. The first kappa shape index (κ1) is 17.6. The highest BCUT2D eigenvalue weighted by molar-refractivity contribution is 9.10. The highest BCUT2D eigenvalue weighted by Crippen LogP contribution is 2.23. The lowest BCUT2D eigenvalue weighted by Crippen LogP contribution is -2.34. The molecule has 0 spiro atoms. The Bertz CT molecular complexity index is 530. The highest BCUT2D eigenvalue weighted by Gasteiger charge is 2.17. The molecule has 7 heteroatoms. The fourth-order valence-corrected chi connectivity index (χ4v) is 3.84. The monoisotopic (exact) mass is 364 g/mol. The van der Waals surface area contributed by atoms with E-state index in [-0.39, 0.29) is 11.5 Å². The number of sulfonamides is 1. The van der Waals surface area contributed by atoms with E-state index < -0.39 is 10.0 Å². The number of aliphatic hydroxyl groups is 1. The lowest BCUT2D eigenvalue weighted by atomic mass is 10.2. The van der Waals surface area contributed by atoms with Crippen LogP contribution < -0.4 is 4.72 Å². The van der Waals surface area contributed by atoms with Gasteiger partial charge in [-0.25, -0.2) is 13.1 Å². The van der Waals surface area contributed by atoms with Crippen LogP contribution in [0.5, 0.6) is 0 Å². The molecule has 0 aliphatic rings. The first-order valence-corrected chi connectivity index (χ1v) is 8.83. The number of hydrogen-bond acceptors (Lipinski definition) is 4. The Labute approximate surface area is 129 Å². The molecular formula is C13H21BrN2O3S. The van der Waals surface area contributed by atoms with E-state index in [2.05, 4.69) is 25.6 Å². The van der Waals surface area contributed by atoms with Crippen molar-refractivity contribution in [3.8, 4) is 0 Å². The molecule has 0 radical (unpaired) electrons. The maximum Gasteiger partial charge on any atom is 0.241 e. The molecule has 0 bridgehead atoms. The van der Waals surface area contributed by atoms with Gasteiger partial charge in [0.1, 0.15) is 0 Å². The van der Waals surface area contributed by atoms with Crippen molar-refractivity contribution >= 4 is 26.0 Å². The number of halogens is 1. The van der Waals surface area contributed by atoms with E-state index in [9.17, 15) is 8.42 Å². The van der Waals surface area contributed by atoms with E-state index in [0.717, 1.165) is 13.1 Å². The topological polar surface area (TPSA) is 69.6 Å². The van der Waals surface area contributed by atoms with Crippen LogP contribution in [-0.2, 0) is 16.6 Å². The SMILES string of the molecule is CCN(CC)CCNS(=O)(=O)c1cc(CO)ccc1Br. The van der Waals surface area contributed by atoms with Crippen LogP contribution in [-0.4, -0.2) is 44.6 Å². The van der Waals surface area contributed by atoms with Crippen LogP contribution in [0.15, 0.2) is 27.6 Å². The van der Waals surface area contributed by atoms with Gasteiger partial charge in [-0.1, -0.05) is 19.9 Å². The average Bonchev–Trinajstić information content (AvgIpc) is 2.44. The molecule has 0 amide bonds. The van der Waals surface area contributed by atoms with Gasteiger partial charge in [-0.15, -0.1) is 0 Å². The number of rotatable bonds is 8. The van der Waals surface area contributed by atoms with Crippen LogP contribution in [0.3, 0.4) is 0 Å². The van der Waals surface area contributed by atoms with E-state index >= 15 is 0 Å². The van der Waals surface area contributed by atoms with Crippen molar-refractivity contribution in [3.05, 3.63) is 28.2 Å². The standard InChI is InChI=1S/C13H21BrN2O3S/c1-3-16(4-2)8-7-15-20(18,19)13-9-11(10-17)5-6-12(13)14/h5-6,9,15,17H,3-4,7-8,10H2,1-2H3. The van der Waals surface area contributed by atoms with Crippen LogP contribution in [0, 0.1) is 0 Å². The Hall–Kier alpha value is -0.470. The third-order valence-electron chi connectivity index (χ3n) is 3.08. The van der Waals surface area contributed by atoms with Crippen molar-refractivity contribution in [2.45, 2.75) is 25.3 Å². The second-order valence-corrected chi connectivity index (χ2v) is 6.94. The number of benzene rings is 1. The number of aliphatic hydroxyl groups excluding tert-OH is 1. The largest absolute Gasteiger partial charge is 0.392 e. The minimum absolute atomic E-state index is 0.156. The van der Waals surface area contributed by atoms with Gasteiger partial charge in [0, 0.05) is 17.6 Å². The molecule has 0 unspecified atom stereocenters. The van der Waals surface area contributed by atoms with Gasteiger partial charge in [0.25, 0.3) is 0 Å². The Morgan fingerprint density at radius 2 is 1.95 bits per heavy atom. The highest BCUT2D eigenvalue weighted by atomic mass is 79.9. The lowest BCUT2D eigenvalue weighted by molar-refractivity contribution is 0.281. The molecular weight excluding hydrogens is 344 g/mol.